The molecule has 0 amide bonds. The highest BCUT2D eigenvalue weighted by atomic mass is 35.5. The molecule has 0 spiro atoms. The molecule has 0 aliphatic carbocycles. The van der Waals surface area contributed by atoms with Crippen molar-refractivity contribution in [2.75, 3.05) is 20.2 Å². The third-order valence-electron chi connectivity index (χ3n) is 2.75. The van der Waals surface area contributed by atoms with E-state index in [-0.39, 0.29) is 24.8 Å². The smallest absolute Gasteiger partial charge is 0.119 e. The molecular weight excluding hydrogens is 247 g/mol. The Balaban J connectivity index is 0.00000112. The van der Waals surface area contributed by atoms with Crippen LogP contribution in [0.15, 0.2) is 18.2 Å². The molecule has 0 radical (unpaired) electrons. The number of methoxy groups -OCH3 is 1. The lowest BCUT2D eigenvalue weighted by Crippen LogP contribution is -2.34. The summed E-state index contributed by atoms with van der Waals surface area (Å²) in [5.41, 5.74) is 8.37. The van der Waals surface area contributed by atoms with Gasteiger partial charge in [-0.15, -0.1) is 24.8 Å². The van der Waals surface area contributed by atoms with Crippen LogP contribution in [0.4, 0.5) is 0 Å². The minimum Gasteiger partial charge on any atom is -0.497 e. The van der Waals surface area contributed by atoms with Crippen molar-refractivity contribution in [2.45, 2.75) is 12.5 Å². The zero-order valence-electron chi connectivity index (χ0n) is 9.23. The van der Waals surface area contributed by atoms with E-state index in [4.69, 9.17) is 10.5 Å². The quantitative estimate of drug-likeness (QED) is 0.855. The zero-order valence-corrected chi connectivity index (χ0v) is 10.9. The maximum absolute atomic E-state index is 5.69. The van der Waals surface area contributed by atoms with Crippen LogP contribution in [0.5, 0.6) is 5.75 Å². The maximum atomic E-state index is 5.69. The van der Waals surface area contributed by atoms with Crippen LogP contribution in [-0.2, 0) is 6.42 Å². The van der Waals surface area contributed by atoms with Gasteiger partial charge in [0.15, 0.2) is 0 Å². The molecule has 3 nitrogen and oxygen atoms in total. The summed E-state index contributed by atoms with van der Waals surface area (Å²) in [5, 5.41) is 3.40. The lowest BCUT2D eigenvalue weighted by molar-refractivity contribution is 0.412. The van der Waals surface area contributed by atoms with E-state index in [2.05, 4.69) is 17.4 Å². The molecule has 5 heteroatoms. The minimum absolute atomic E-state index is 0. The Hall–Kier alpha value is -0.480. The van der Waals surface area contributed by atoms with Crippen LogP contribution in [0, 0.1) is 0 Å². The van der Waals surface area contributed by atoms with E-state index >= 15 is 0 Å². The number of nitrogens with two attached hydrogens (primary N) is 1. The first-order valence-electron chi connectivity index (χ1n) is 4.95. The van der Waals surface area contributed by atoms with Gasteiger partial charge < -0.3 is 15.8 Å². The third-order valence-corrected chi connectivity index (χ3v) is 2.75. The van der Waals surface area contributed by atoms with Crippen molar-refractivity contribution in [3.63, 3.8) is 0 Å². The Bertz CT molecular complexity index is 334. The van der Waals surface area contributed by atoms with E-state index in [1.54, 1.807) is 7.11 Å². The first-order chi connectivity index (χ1) is 6.85. The van der Waals surface area contributed by atoms with Gasteiger partial charge in [-0.25, -0.2) is 0 Å². The van der Waals surface area contributed by atoms with Crippen molar-refractivity contribution in [3.05, 3.63) is 29.3 Å². The number of rotatable bonds is 2. The van der Waals surface area contributed by atoms with Crippen molar-refractivity contribution in [1.29, 1.82) is 0 Å². The van der Waals surface area contributed by atoms with Crippen LogP contribution in [-0.4, -0.2) is 20.2 Å². The van der Waals surface area contributed by atoms with Crippen molar-refractivity contribution in [1.82, 2.24) is 5.32 Å². The van der Waals surface area contributed by atoms with Crippen molar-refractivity contribution < 1.29 is 4.74 Å². The van der Waals surface area contributed by atoms with Crippen molar-refractivity contribution in [2.24, 2.45) is 5.73 Å². The molecule has 1 aliphatic rings. The fraction of sp³-hybridized carbons (Fsp3) is 0.455. The van der Waals surface area contributed by atoms with Crippen LogP contribution < -0.4 is 15.8 Å². The molecule has 2 rings (SSSR count). The predicted octanol–water partition coefficient (Wildman–Crippen LogP) is 1.68. The number of ether oxygens (including phenoxy) is 1. The van der Waals surface area contributed by atoms with E-state index < -0.39 is 0 Å². The fourth-order valence-corrected chi connectivity index (χ4v) is 1.97. The molecule has 16 heavy (non-hydrogen) atoms. The SMILES string of the molecule is COc1ccc2c(c1)CCNC2CN.Cl.Cl. The minimum atomic E-state index is 0. The van der Waals surface area contributed by atoms with E-state index in [0.717, 1.165) is 18.7 Å². The number of benzene rings is 1. The summed E-state index contributed by atoms with van der Waals surface area (Å²) in [6.45, 7) is 1.65. The molecule has 0 bridgehead atoms. The van der Waals surface area contributed by atoms with Crippen LogP contribution >= 0.6 is 24.8 Å². The van der Waals surface area contributed by atoms with E-state index in [1.807, 2.05) is 6.07 Å². The molecule has 1 atom stereocenters. The lowest BCUT2D eigenvalue weighted by Gasteiger charge is -2.26. The van der Waals surface area contributed by atoms with Crippen molar-refractivity contribution >= 4 is 24.8 Å². The summed E-state index contributed by atoms with van der Waals surface area (Å²) in [6, 6.07) is 6.52. The van der Waals surface area contributed by atoms with Gasteiger partial charge in [0.2, 0.25) is 0 Å². The summed E-state index contributed by atoms with van der Waals surface area (Å²) in [6.07, 6.45) is 1.06. The maximum Gasteiger partial charge on any atom is 0.119 e. The third kappa shape index (κ3) is 3.01. The van der Waals surface area contributed by atoms with Gasteiger partial charge in [-0.1, -0.05) is 6.07 Å². The predicted molar refractivity (Wildman–Crippen MR) is 71.0 cm³/mol. The number of nitrogens with one attached hydrogen (secondary N) is 1. The molecule has 1 heterocycles. The Labute approximate surface area is 109 Å². The standard InChI is InChI=1S/C11H16N2O.2ClH/c1-14-9-2-3-10-8(6-9)4-5-13-11(10)7-12;;/h2-3,6,11,13H,4-5,7,12H2,1H3;2*1H. The van der Waals surface area contributed by atoms with Gasteiger partial charge in [0, 0.05) is 12.6 Å². The first-order valence-corrected chi connectivity index (χ1v) is 4.95. The lowest BCUT2D eigenvalue weighted by atomic mass is 9.94. The normalized spacial score (nSPS) is 17.8. The van der Waals surface area contributed by atoms with Gasteiger partial charge in [0.1, 0.15) is 5.75 Å². The summed E-state index contributed by atoms with van der Waals surface area (Å²) in [4.78, 5) is 0. The molecule has 92 valence electrons. The first kappa shape index (κ1) is 15.5. The average molecular weight is 265 g/mol. The molecule has 1 unspecified atom stereocenters. The molecule has 0 saturated heterocycles. The number of hydrogen-bond acceptors (Lipinski definition) is 3. The van der Waals surface area contributed by atoms with Gasteiger partial charge in [-0.3, -0.25) is 0 Å². The Kier molecular flexibility index (Phi) is 6.76. The van der Waals surface area contributed by atoms with Crippen molar-refractivity contribution in [3.8, 4) is 5.75 Å². The van der Waals surface area contributed by atoms with Crippen LogP contribution in [0.25, 0.3) is 0 Å². The number of fused-ring (bicyclic) bond motifs is 1. The second kappa shape index (κ2) is 6.97. The molecular formula is C11H18Cl2N2O. The molecule has 1 aliphatic heterocycles. The van der Waals surface area contributed by atoms with Gasteiger partial charge in [-0.05, 0) is 36.2 Å². The second-order valence-electron chi connectivity index (χ2n) is 3.56. The monoisotopic (exact) mass is 264 g/mol. The number of halogens is 2. The number of hydrogen-bond donors (Lipinski definition) is 2. The molecule has 0 aromatic heterocycles. The summed E-state index contributed by atoms with van der Waals surface area (Å²) in [5.74, 6) is 0.932. The fourth-order valence-electron chi connectivity index (χ4n) is 1.97. The van der Waals surface area contributed by atoms with Crippen LogP contribution in [0.2, 0.25) is 0 Å². The van der Waals surface area contributed by atoms with Gasteiger partial charge in [0.05, 0.1) is 7.11 Å². The van der Waals surface area contributed by atoms with E-state index in [1.165, 1.54) is 11.1 Å². The average Bonchev–Trinajstić information content (AvgIpc) is 2.27. The van der Waals surface area contributed by atoms with E-state index in [9.17, 15) is 0 Å². The largest absolute Gasteiger partial charge is 0.497 e. The van der Waals surface area contributed by atoms with E-state index in [0.29, 0.717) is 12.6 Å². The van der Waals surface area contributed by atoms with Gasteiger partial charge in [-0.2, -0.15) is 0 Å². The molecule has 3 N–H and O–H groups in total. The highest BCUT2D eigenvalue weighted by molar-refractivity contribution is 5.85. The topological polar surface area (TPSA) is 47.3 Å². The Morgan fingerprint density at radius 3 is 2.81 bits per heavy atom. The molecule has 0 saturated carbocycles. The van der Waals surface area contributed by atoms with Crippen LogP contribution in [0.3, 0.4) is 0 Å². The molecule has 1 aromatic carbocycles. The van der Waals surface area contributed by atoms with Gasteiger partial charge in [0.25, 0.3) is 0 Å². The van der Waals surface area contributed by atoms with Gasteiger partial charge >= 0.3 is 0 Å². The zero-order chi connectivity index (χ0) is 9.97. The van der Waals surface area contributed by atoms with Crippen LogP contribution in [0.1, 0.15) is 17.2 Å². The summed E-state index contributed by atoms with van der Waals surface area (Å²) in [7, 11) is 1.70. The highest BCUT2D eigenvalue weighted by Crippen LogP contribution is 2.25. The summed E-state index contributed by atoms with van der Waals surface area (Å²) >= 11 is 0. The Morgan fingerprint density at radius 1 is 1.44 bits per heavy atom. The second-order valence-corrected chi connectivity index (χ2v) is 3.56. The molecule has 1 aromatic rings. The molecule has 0 fully saturated rings. The highest BCUT2D eigenvalue weighted by Gasteiger charge is 2.18. The Morgan fingerprint density at radius 2 is 2.19 bits per heavy atom. The summed E-state index contributed by atoms with van der Waals surface area (Å²) < 4.78 is 5.20.